The zero-order valence-electron chi connectivity index (χ0n) is 11.1. The van der Waals surface area contributed by atoms with Crippen LogP contribution in [0.15, 0.2) is 41.3 Å². The minimum atomic E-state index is -3.76. The van der Waals surface area contributed by atoms with Crippen molar-refractivity contribution in [1.29, 1.82) is 0 Å². The molecule has 0 fully saturated rings. The van der Waals surface area contributed by atoms with E-state index in [0.29, 0.717) is 10.7 Å². The van der Waals surface area contributed by atoms with Crippen LogP contribution in [-0.4, -0.2) is 8.42 Å². The van der Waals surface area contributed by atoms with Gasteiger partial charge in [-0.3, -0.25) is 4.72 Å². The molecule has 0 saturated heterocycles. The second kappa shape index (κ2) is 5.34. The van der Waals surface area contributed by atoms with E-state index in [1.165, 1.54) is 6.07 Å². The quantitative estimate of drug-likeness (QED) is 0.854. The minimum absolute atomic E-state index is 0.0423. The van der Waals surface area contributed by atoms with Gasteiger partial charge in [0.1, 0.15) is 4.90 Å². The van der Waals surface area contributed by atoms with Crippen LogP contribution in [0.25, 0.3) is 0 Å². The Balaban J connectivity index is 2.43. The number of aryl methyl sites for hydroxylation is 2. The van der Waals surface area contributed by atoms with Gasteiger partial charge in [-0.1, -0.05) is 23.7 Å². The highest BCUT2D eigenvalue weighted by molar-refractivity contribution is 7.92. The summed E-state index contributed by atoms with van der Waals surface area (Å²) in [5.74, 6) is 0. The summed E-state index contributed by atoms with van der Waals surface area (Å²) < 4.78 is 27.2. The Morgan fingerprint density at radius 3 is 2.30 bits per heavy atom. The van der Waals surface area contributed by atoms with Crippen LogP contribution in [0.2, 0.25) is 5.02 Å². The van der Waals surface area contributed by atoms with E-state index in [4.69, 9.17) is 17.3 Å². The van der Waals surface area contributed by atoms with Crippen LogP contribution in [0.1, 0.15) is 11.1 Å². The first-order valence-corrected chi connectivity index (χ1v) is 7.81. The highest BCUT2D eigenvalue weighted by Gasteiger charge is 2.18. The summed E-state index contributed by atoms with van der Waals surface area (Å²) >= 11 is 6.00. The van der Waals surface area contributed by atoms with E-state index in [0.717, 1.165) is 11.1 Å². The molecule has 2 rings (SSSR count). The summed E-state index contributed by atoms with van der Waals surface area (Å²) in [5.41, 5.74) is 8.13. The van der Waals surface area contributed by atoms with E-state index < -0.39 is 10.0 Å². The van der Waals surface area contributed by atoms with E-state index >= 15 is 0 Å². The number of nitrogens with two attached hydrogens (primary N) is 1. The first-order chi connectivity index (χ1) is 9.29. The smallest absolute Gasteiger partial charge is 0.263 e. The number of sulfonamides is 1. The van der Waals surface area contributed by atoms with Crippen molar-refractivity contribution in [3.63, 3.8) is 0 Å². The lowest BCUT2D eigenvalue weighted by Crippen LogP contribution is -2.15. The molecule has 106 valence electrons. The molecule has 4 nitrogen and oxygen atoms in total. The zero-order valence-corrected chi connectivity index (χ0v) is 12.7. The van der Waals surface area contributed by atoms with E-state index in [2.05, 4.69) is 4.72 Å². The Morgan fingerprint density at radius 2 is 1.65 bits per heavy atom. The molecule has 20 heavy (non-hydrogen) atoms. The van der Waals surface area contributed by atoms with Gasteiger partial charge in [-0.2, -0.15) is 0 Å². The molecular weight excluding hydrogens is 296 g/mol. The molecule has 0 aliphatic heterocycles. The second-order valence-electron chi connectivity index (χ2n) is 4.63. The number of benzene rings is 2. The fraction of sp³-hybridized carbons (Fsp3) is 0.143. The number of anilines is 2. The summed E-state index contributed by atoms with van der Waals surface area (Å²) in [7, 11) is -3.76. The predicted molar refractivity (Wildman–Crippen MR) is 82.6 cm³/mol. The van der Waals surface area contributed by atoms with E-state index in [1.54, 1.807) is 30.3 Å². The Labute approximate surface area is 123 Å². The van der Waals surface area contributed by atoms with Crippen molar-refractivity contribution >= 4 is 33.0 Å². The number of hydrogen-bond acceptors (Lipinski definition) is 3. The largest absolute Gasteiger partial charge is 0.398 e. The van der Waals surface area contributed by atoms with Gasteiger partial charge in [-0.15, -0.1) is 0 Å². The molecule has 0 amide bonds. The van der Waals surface area contributed by atoms with Gasteiger partial charge in [0.15, 0.2) is 0 Å². The van der Waals surface area contributed by atoms with Crippen LogP contribution in [0.5, 0.6) is 0 Å². The highest BCUT2D eigenvalue weighted by Crippen LogP contribution is 2.27. The van der Waals surface area contributed by atoms with Gasteiger partial charge < -0.3 is 5.73 Å². The SMILES string of the molecule is Cc1ccc(S(=O)(=O)Nc2cc(C)ccc2Cl)c(N)c1. The third-order valence-electron chi connectivity index (χ3n) is 2.82. The summed E-state index contributed by atoms with van der Waals surface area (Å²) in [6, 6.07) is 9.92. The molecular formula is C14H15ClN2O2S. The van der Waals surface area contributed by atoms with Crippen molar-refractivity contribution in [3.05, 3.63) is 52.5 Å². The fourth-order valence-electron chi connectivity index (χ4n) is 1.83. The molecule has 0 aliphatic rings. The Bertz CT molecular complexity index is 758. The second-order valence-corrected chi connectivity index (χ2v) is 6.69. The fourth-order valence-corrected chi connectivity index (χ4v) is 3.24. The zero-order chi connectivity index (χ0) is 14.9. The maximum Gasteiger partial charge on any atom is 0.263 e. The third kappa shape index (κ3) is 3.05. The number of hydrogen-bond donors (Lipinski definition) is 2. The van der Waals surface area contributed by atoms with Gasteiger partial charge in [-0.25, -0.2) is 8.42 Å². The first kappa shape index (κ1) is 14.7. The lowest BCUT2D eigenvalue weighted by Gasteiger charge is -2.12. The maximum atomic E-state index is 12.3. The van der Waals surface area contributed by atoms with Crippen LogP contribution in [0, 0.1) is 13.8 Å². The normalized spacial score (nSPS) is 11.3. The van der Waals surface area contributed by atoms with Crippen molar-refractivity contribution in [3.8, 4) is 0 Å². The van der Waals surface area contributed by atoms with Crippen molar-refractivity contribution in [2.24, 2.45) is 0 Å². The lowest BCUT2D eigenvalue weighted by atomic mass is 10.2. The number of nitrogen functional groups attached to an aromatic ring is 1. The summed E-state index contributed by atoms with van der Waals surface area (Å²) in [6.07, 6.45) is 0. The molecule has 0 aromatic heterocycles. The Hall–Kier alpha value is -1.72. The molecule has 0 unspecified atom stereocenters. The highest BCUT2D eigenvalue weighted by atomic mass is 35.5. The average Bonchev–Trinajstić information content (AvgIpc) is 2.33. The molecule has 0 heterocycles. The van der Waals surface area contributed by atoms with Gasteiger partial charge in [-0.05, 0) is 49.2 Å². The predicted octanol–water partition coefficient (Wildman–Crippen LogP) is 3.34. The molecule has 0 aliphatic carbocycles. The first-order valence-electron chi connectivity index (χ1n) is 5.95. The van der Waals surface area contributed by atoms with Crippen molar-refractivity contribution < 1.29 is 8.42 Å². The molecule has 2 aromatic rings. The molecule has 2 aromatic carbocycles. The summed E-state index contributed by atoms with van der Waals surface area (Å²) in [6.45, 7) is 3.70. The van der Waals surface area contributed by atoms with E-state index in [9.17, 15) is 8.42 Å². The third-order valence-corrected chi connectivity index (χ3v) is 4.59. The van der Waals surface area contributed by atoms with Crippen LogP contribution in [0.4, 0.5) is 11.4 Å². The molecule has 0 saturated carbocycles. The number of halogens is 1. The summed E-state index contributed by atoms with van der Waals surface area (Å²) in [5, 5.41) is 0.338. The van der Waals surface area contributed by atoms with Gasteiger partial charge >= 0.3 is 0 Å². The lowest BCUT2D eigenvalue weighted by molar-refractivity contribution is 0.601. The monoisotopic (exact) mass is 310 g/mol. The van der Waals surface area contributed by atoms with Crippen LogP contribution in [0.3, 0.4) is 0 Å². The topological polar surface area (TPSA) is 72.2 Å². The molecule has 0 spiro atoms. The average molecular weight is 311 g/mol. The van der Waals surface area contributed by atoms with Crippen molar-refractivity contribution in [2.75, 3.05) is 10.5 Å². The number of nitrogens with one attached hydrogen (secondary N) is 1. The van der Waals surface area contributed by atoms with Crippen LogP contribution < -0.4 is 10.5 Å². The molecule has 0 atom stereocenters. The van der Waals surface area contributed by atoms with Gasteiger partial charge in [0.05, 0.1) is 16.4 Å². The van der Waals surface area contributed by atoms with Gasteiger partial charge in [0.25, 0.3) is 10.0 Å². The number of rotatable bonds is 3. The summed E-state index contributed by atoms with van der Waals surface area (Å²) in [4.78, 5) is 0.0423. The molecule has 0 bridgehead atoms. The van der Waals surface area contributed by atoms with Gasteiger partial charge in [0, 0.05) is 0 Å². The minimum Gasteiger partial charge on any atom is -0.398 e. The van der Waals surface area contributed by atoms with E-state index in [-0.39, 0.29) is 10.6 Å². The van der Waals surface area contributed by atoms with Crippen molar-refractivity contribution in [1.82, 2.24) is 0 Å². The van der Waals surface area contributed by atoms with Crippen molar-refractivity contribution in [2.45, 2.75) is 18.7 Å². The van der Waals surface area contributed by atoms with E-state index in [1.807, 2.05) is 13.8 Å². The Morgan fingerprint density at radius 1 is 1.05 bits per heavy atom. The molecule has 0 radical (unpaired) electrons. The molecule has 6 heteroatoms. The standard InChI is InChI=1S/C14H15ClN2O2S/c1-9-4-6-14(12(16)7-9)20(18,19)17-13-8-10(2)3-5-11(13)15/h3-8,17H,16H2,1-2H3. The maximum absolute atomic E-state index is 12.3. The van der Waals surface area contributed by atoms with Crippen LogP contribution in [-0.2, 0) is 10.0 Å². The Kier molecular flexibility index (Phi) is 3.92. The van der Waals surface area contributed by atoms with Crippen LogP contribution >= 0.6 is 11.6 Å². The molecule has 3 N–H and O–H groups in total. The van der Waals surface area contributed by atoms with Gasteiger partial charge in [0.2, 0.25) is 0 Å².